The number of anilines is 1. The molecule has 0 saturated heterocycles. The largest absolute Gasteiger partial charge is 0.411 e. The number of nitrogens with zero attached hydrogens (tertiary/aromatic N) is 3. The van der Waals surface area contributed by atoms with Gasteiger partial charge in [-0.1, -0.05) is 22.8 Å². The first-order valence-electron chi connectivity index (χ1n) is 8.20. The van der Waals surface area contributed by atoms with Crippen molar-refractivity contribution < 1.29 is 9.60 Å². The minimum absolute atomic E-state index is 0.0420. The van der Waals surface area contributed by atoms with Crippen LogP contribution in [0.5, 0.6) is 0 Å². The molecule has 1 aromatic heterocycles. The highest BCUT2D eigenvalue weighted by molar-refractivity contribution is 6.30. The molecule has 6 nitrogen and oxygen atoms in total. The lowest BCUT2D eigenvalue weighted by Crippen LogP contribution is -2.14. The van der Waals surface area contributed by atoms with Gasteiger partial charge in [-0.2, -0.15) is 0 Å². The highest BCUT2D eigenvalue weighted by Gasteiger charge is 2.23. The van der Waals surface area contributed by atoms with E-state index < -0.39 is 5.82 Å². The Kier molecular flexibility index (Phi) is 5.80. The number of hydrogen-bond donors (Lipinski definition) is 3. The molecule has 0 aliphatic carbocycles. The van der Waals surface area contributed by atoms with Crippen LogP contribution < -0.4 is 10.6 Å². The van der Waals surface area contributed by atoms with E-state index in [-0.39, 0.29) is 5.02 Å². The molecule has 3 N–H and O–H groups in total. The fourth-order valence-corrected chi connectivity index (χ4v) is 3.03. The first-order chi connectivity index (χ1) is 12.6. The topological polar surface area (TPSA) is 81.9 Å². The van der Waals surface area contributed by atoms with E-state index in [0.717, 1.165) is 29.1 Å². The van der Waals surface area contributed by atoms with Gasteiger partial charge in [-0.25, -0.2) is 9.37 Å². The van der Waals surface area contributed by atoms with E-state index >= 15 is 0 Å². The lowest BCUT2D eigenvalue weighted by molar-refractivity contribution is 0.318. The van der Waals surface area contributed by atoms with Crippen LogP contribution in [0.25, 0.3) is 0 Å². The Morgan fingerprint density at radius 1 is 1.42 bits per heavy atom. The quantitative estimate of drug-likeness (QED) is 0.314. The van der Waals surface area contributed by atoms with Crippen LogP contribution in [-0.4, -0.2) is 41.9 Å². The second-order valence-corrected chi connectivity index (χ2v) is 6.30. The van der Waals surface area contributed by atoms with Gasteiger partial charge >= 0.3 is 0 Å². The molecule has 0 unspecified atom stereocenters. The predicted octanol–water partition coefficient (Wildman–Crippen LogP) is 2.88. The summed E-state index contributed by atoms with van der Waals surface area (Å²) < 4.78 is 13.3. The monoisotopic (exact) mass is 375 g/mol. The Bertz CT molecular complexity index is 869. The van der Waals surface area contributed by atoms with Crippen LogP contribution >= 0.6 is 11.6 Å². The summed E-state index contributed by atoms with van der Waals surface area (Å²) in [4.78, 5) is 8.83. The van der Waals surface area contributed by atoms with Crippen LogP contribution in [0.3, 0.4) is 0 Å². The summed E-state index contributed by atoms with van der Waals surface area (Å²) in [5.74, 6) is 1.07. The highest BCUT2D eigenvalue weighted by Crippen LogP contribution is 2.26. The number of pyridine rings is 1. The predicted molar refractivity (Wildman–Crippen MR) is 101 cm³/mol. The zero-order chi connectivity index (χ0) is 18.5. The van der Waals surface area contributed by atoms with Gasteiger partial charge in [0.15, 0.2) is 0 Å². The molecule has 1 aromatic carbocycles. The van der Waals surface area contributed by atoms with Gasteiger partial charge in [0.25, 0.3) is 0 Å². The van der Waals surface area contributed by atoms with Crippen LogP contribution in [0, 0.1) is 5.82 Å². The molecule has 0 bridgehead atoms. The molecule has 2 aromatic rings. The van der Waals surface area contributed by atoms with Crippen LogP contribution in [0.1, 0.15) is 16.7 Å². The summed E-state index contributed by atoms with van der Waals surface area (Å²) in [6.45, 7) is 1.45. The maximum absolute atomic E-state index is 13.3. The van der Waals surface area contributed by atoms with Gasteiger partial charge in [0.2, 0.25) is 0 Å². The maximum atomic E-state index is 13.3. The summed E-state index contributed by atoms with van der Waals surface area (Å²) in [5.41, 5.74) is 2.93. The van der Waals surface area contributed by atoms with E-state index in [0.29, 0.717) is 30.9 Å². The number of aromatic nitrogens is 1. The highest BCUT2D eigenvalue weighted by atomic mass is 35.5. The van der Waals surface area contributed by atoms with Crippen molar-refractivity contribution in [2.45, 2.75) is 12.8 Å². The average molecular weight is 376 g/mol. The van der Waals surface area contributed by atoms with Crippen molar-refractivity contribution in [2.24, 2.45) is 10.1 Å². The molecule has 0 radical (unpaired) electrons. The fraction of sp³-hybridized carbons (Fsp3) is 0.278. The van der Waals surface area contributed by atoms with E-state index in [1.54, 1.807) is 18.3 Å². The number of fused-ring (bicyclic) bond motifs is 1. The molecule has 0 amide bonds. The first-order valence-corrected chi connectivity index (χ1v) is 8.58. The minimum Gasteiger partial charge on any atom is -0.411 e. The molecular formula is C18H19ClFN5O. The molecule has 3 rings (SSSR count). The second-order valence-electron chi connectivity index (χ2n) is 5.89. The molecule has 26 heavy (non-hydrogen) atoms. The fourth-order valence-electron chi connectivity index (χ4n) is 2.82. The zero-order valence-electron chi connectivity index (χ0n) is 14.3. The van der Waals surface area contributed by atoms with E-state index in [9.17, 15) is 9.60 Å². The summed E-state index contributed by atoms with van der Waals surface area (Å²) in [6, 6.07) is 6.26. The number of rotatable bonds is 6. The Hall–Kier alpha value is -2.51. The molecule has 1 aliphatic rings. The van der Waals surface area contributed by atoms with Crippen molar-refractivity contribution >= 4 is 29.0 Å². The van der Waals surface area contributed by atoms with Crippen LogP contribution in [-0.2, 0) is 12.8 Å². The molecule has 0 spiro atoms. The van der Waals surface area contributed by atoms with Gasteiger partial charge in [-0.3, -0.25) is 4.99 Å². The number of nitrogens with one attached hydrogen (secondary N) is 2. The van der Waals surface area contributed by atoms with E-state index in [1.165, 1.54) is 12.1 Å². The normalized spacial score (nSPS) is 15.2. The number of benzene rings is 1. The average Bonchev–Trinajstić information content (AvgIpc) is 3.06. The van der Waals surface area contributed by atoms with Crippen molar-refractivity contribution in [3.05, 3.63) is 58.0 Å². The summed E-state index contributed by atoms with van der Waals surface area (Å²) in [7, 11) is 1.88. The maximum Gasteiger partial charge on any atom is 0.141 e. The van der Waals surface area contributed by atoms with Crippen molar-refractivity contribution in [1.82, 2.24) is 10.3 Å². The van der Waals surface area contributed by atoms with Crippen LogP contribution in [0.2, 0.25) is 5.02 Å². The van der Waals surface area contributed by atoms with Crippen molar-refractivity contribution in [3.8, 4) is 0 Å². The third kappa shape index (κ3) is 4.00. The number of likely N-dealkylation sites (N-methyl/N-ethyl adjacent to an activating group) is 1. The molecule has 0 fully saturated rings. The van der Waals surface area contributed by atoms with Gasteiger partial charge in [0.1, 0.15) is 17.5 Å². The van der Waals surface area contributed by atoms with Gasteiger partial charge in [0, 0.05) is 36.7 Å². The number of aliphatic imine (C=N–C) groups is 1. The molecule has 2 heterocycles. The number of halogens is 2. The van der Waals surface area contributed by atoms with Gasteiger partial charge in [0.05, 0.1) is 17.3 Å². The van der Waals surface area contributed by atoms with Crippen LogP contribution in [0.15, 0.2) is 40.6 Å². The van der Waals surface area contributed by atoms with Gasteiger partial charge < -0.3 is 15.8 Å². The summed E-state index contributed by atoms with van der Waals surface area (Å²) in [6.07, 6.45) is 2.56. The molecule has 1 aliphatic heterocycles. The molecular weight excluding hydrogens is 357 g/mol. The Morgan fingerprint density at radius 3 is 3.00 bits per heavy atom. The standard InChI is InChI=1S/C18H19ClFN5O/c1-21-6-7-22-17-10-13-12(4-5-23-18(13)24-17)16(25-26)9-11-2-3-15(20)14(19)8-11/h2-5,8,21,26H,6-7,9-10H2,1H3,(H,22,23,24)/b25-16+. The van der Waals surface area contributed by atoms with Gasteiger partial charge in [-0.05, 0) is 30.8 Å². The third-order valence-corrected chi connectivity index (χ3v) is 4.40. The second kappa shape index (κ2) is 8.25. The van der Waals surface area contributed by atoms with E-state index in [4.69, 9.17) is 11.6 Å². The van der Waals surface area contributed by atoms with Crippen molar-refractivity contribution in [3.63, 3.8) is 0 Å². The van der Waals surface area contributed by atoms with E-state index in [1.807, 2.05) is 7.05 Å². The Labute approximate surface area is 155 Å². The number of hydrogen-bond acceptors (Lipinski definition) is 5. The van der Waals surface area contributed by atoms with Crippen LogP contribution in [0.4, 0.5) is 10.2 Å². The molecule has 136 valence electrons. The lowest BCUT2D eigenvalue weighted by atomic mass is 9.98. The van der Waals surface area contributed by atoms with E-state index in [2.05, 4.69) is 25.8 Å². The number of oxime groups is 1. The summed E-state index contributed by atoms with van der Waals surface area (Å²) in [5, 5.41) is 19.3. The van der Waals surface area contributed by atoms with Gasteiger partial charge in [-0.15, -0.1) is 0 Å². The first kappa shape index (κ1) is 18.3. The third-order valence-electron chi connectivity index (χ3n) is 4.11. The number of amidine groups is 1. The SMILES string of the molecule is CNCCN=C1Cc2c(/C(Cc3ccc(F)c(Cl)c3)=N/O)ccnc2N1. The van der Waals surface area contributed by atoms with Crippen molar-refractivity contribution in [1.29, 1.82) is 0 Å². The molecule has 8 heteroatoms. The molecule has 0 saturated carbocycles. The summed E-state index contributed by atoms with van der Waals surface area (Å²) >= 11 is 5.84. The molecule has 0 atom stereocenters. The smallest absolute Gasteiger partial charge is 0.141 e. The Morgan fingerprint density at radius 2 is 2.27 bits per heavy atom. The van der Waals surface area contributed by atoms with Crippen molar-refractivity contribution in [2.75, 3.05) is 25.5 Å². The Balaban J connectivity index is 1.84. The lowest BCUT2D eigenvalue weighted by Gasteiger charge is -2.09. The minimum atomic E-state index is -0.477. The zero-order valence-corrected chi connectivity index (χ0v) is 15.0.